The number of thioether (sulfide) groups is 1. The van der Waals surface area contributed by atoms with Crippen molar-refractivity contribution in [2.45, 2.75) is 11.8 Å². The number of imidazole rings is 1. The van der Waals surface area contributed by atoms with Gasteiger partial charge >= 0.3 is 0 Å². The number of aromatic nitrogens is 2. The molecule has 2 aromatic rings. The Kier molecular flexibility index (Phi) is 4.17. The highest BCUT2D eigenvalue weighted by atomic mass is 32.2. The van der Waals surface area contributed by atoms with Crippen molar-refractivity contribution in [2.75, 3.05) is 0 Å². The van der Waals surface area contributed by atoms with E-state index in [0.29, 0.717) is 0 Å². The molecule has 0 amide bonds. The van der Waals surface area contributed by atoms with Crippen molar-refractivity contribution >= 4 is 28.4 Å². The number of thiocarbonyl (C=S) groups is 1. The maximum Gasteiger partial charge on any atom is 0.218 e. The predicted octanol–water partition coefficient (Wildman–Crippen LogP) is 3.20. The van der Waals surface area contributed by atoms with Crippen LogP contribution in [0.4, 0.5) is 0 Å². The van der Waals surface area contributed by atoms with Crippen LogP contribution < -0.4 is 0 Å². The van der Waals surface area contributed by atoms with Gasteiger partial charge in [0.05, 0.1) is 11.6 Å². The smallest absolute Gasteiger partial charge is 0.218 e. The summed E-state index contributed by atoms with van der Waals surface area (Å²) >= 11 is 6.05. The summed E-state index contributed by atoms with van der Waals surface area (Å²) in [4.78, 5) is 4.01. The molecular formula is C12H12N2OS2. The molecule has 88 valence electrons. The van der Waals surface area contributed by atoms with E-state index >= 15 is 0 Å². The van der Waals surface area contributed by atoms with Gasteiger partial charge in [0.25, 0.3) is 0 Å². The maximum absolute atomic E-state index is 9.28. The van der Waals surface area contributed by atoms with Crippen LogP contribution in [0.25, 0.3) is 0 Å². The molecule has 0 aliphatic carbocycles. The molecule has 3 nitrogen and oxygen atoms in total. The quantitative estimate of drug-likeness (QED) is 0.861. The molecule has 0 saturated heterocycles. The van der Waals surface area contributed by atoms with Crippen LogP contribution in [0.5, 0.6) is 0 Å². The SMILES string of the molecule is OC(=S)S[C@@H](Cn1ccnc1)c1ccccc1. The Morgan fingerprint density at radius 1 is 1.41 bits per heavy atom. The summed E-state index contributed by atoms with van der Waals surface area (Å²) in [5, 5.41) is 9.38. The van der Waals surface area contributed by atoms with E-state index in [-0.39, 0.29) is 9.63 Å². The second kappa shape index (κ2) is 5.84. The number of nitrogens with zero attached hydrogens (tertiary/aromatic N) is 2. The predicted molar refractivity (Wildman–Crippen MR) is 74.2 cm³/mol. The molecule has 0 saturated carbocycles. The van der Waals surface area contributed by atoms with Gasteiger partial charge in [-0.1, -0.05) is 42.1 Å². The van der Waals surface area contributed by atoms with Crippen LogP contribution in [0, 0.1) is 0 Å². The second-order valence-electron chi connectivity index (χ2n) is 3.54. The number of hydrogen-bond donors (Lipinski definition) is 1. The molecule has 0 aliphatic rings. The minimum absolute atomic E-state index is 0.0287. The van der Waals surface area contributed by atoms with Gasteiger partial charge < -0.3 is 9.67 Å². The van der Waals surface area contributed by atoms with Crippen molar-refractivity contribution in [1.29, 1.82) is 0 Å². The lowest BCUT2D eigenvalue weighted by Gasteiger charge is -2.16. The molecule has 0 aliphatic heterocycles. The van der Waals surface area contributed by atoms with Gasteiger partial charge in [-0.05, 0) is 17.8 Å². The van der Waals surface area contributed by atoms with Crippen molar-refractivity contribution in [1.82, 2.24) is 9.55 Å². The number of hydrogen-bond acceptors (Lipinski definition) is 3. The first-order valence-corrected chi connectivity index (χ1v) is 6.45. The highest BCUT2D eigenvalue weighted by Crippen LogP contribution is 2.30. The van der Waals surface area contributed by atoms with Gasteiger partial charge in [0.1, 0.15) is 0 Å². The average molecular weight is 264 g/mol. The lowest BCUT2D eigenvalue weighted by Crippen LogP contribution is -2.06. The largest absolute Gasteiger partial charge is 0.494 e. The van der Waals surface area contributed by atoms with Gasteiger partial charge in [0.2, 0.25) is 4.38 Å². The van der Waals surface area contributed by atoms with Crippen LogP contribution in [-0.4, -0.2) is 19.0 Å². The standard InChI is InChI=1S/C12H12N2OS2/c15-12(16)17-11(8-14-7-6-13-9-14)10-4-2-1-3-5-10/h1-7,9,11H,8H2,(H,15,16)/t11-/m0/s1. The molecule has 1 atom stereocenters. The third-order valence-electron chi connectivity index (χ3n) is 2.35. The molecular weight excluding hydrogens is 252 g/mol. The number of benzene rings is 1. The molecule has 0 spiro atoms. The molecule has 0 unspecified atom stereocenters. The van der Waals surface area contributed by atoms with Crippen LogP contribution in [0.1, 0.15) is 10.8 Å². The summed E-state index contributed by atoms with van der Waals surface area (Å²) in [6, 6.07) is 10.0. The van der Waals surface area contributed by atoms with Crippen LogP contribution in [0.15, 0.2) is 49.1 Å². The molecule has 5 heteroatoms. The van der Waals surface area contributed by atoms with E-state index in [1.165, 1.54) is 11.8 Å². The molecule has 1 N–H and O–H groups in total. The van der Waals surface area contributed by atoms with Gasteiger partial charge in [-0.25, -0.2) is 4.98 Å². The van der Waals surface area contributed by atoms with Crippen molar-refractivity contribution in [2.24, 2.45) is 0 Å². The first-order valence-electron chi connectivity index (χ1n) is 5.16. The molecule has 2 rings (SSSR count). The Morgan fingerprint density at radius 2 is 2.18 bits per heavy atom. The highest BCUT2D eigenvalue weighted by Gasteiger charge is 2.14. The fourth-order valence-corrected chi connectivity index (χ4v) is 2.72. The molecule has 0 bridgehead atoms. The van der Waals surface area contributed by atoms with Crippen molar-refractivity contribution in [3.63, 3.8) is 0 Å². The van der Waals surface area contributed by atoms with Gasteiger partial charge in [-0.15, -0.1) is 0 Å². The van der Waals surface area contributed by atoms with E-state index in [1.807, 2.05) is 41.1 Å². The molecule has 1 heterocycles. The Bertz CT molecular complexity index is 471. The monoisotopic (exact) mass is 264 g/mol. The minimum Gasteiger partial charge on any atom is -0.494 e. The fraction of sp³-hybridized carbons (Fsp3) is 0.167. The first-order chi connectivity index (χ1) is 8.25. The van der Waals surface area contributed by atoms with Crippen LogP contribution in [0.2, 0.25) is 0 Å². The number of aliphatic hydroxyl groups is 1. The molecule has 17 heavy (non-hydrogen) atoms. The summed E-state index contributed by atoms with van der Waals surface area (Å²) in [7, 11) is 0. The normalized spacial score (nSPS) is 12.2. The average Bonchev–Trinajstić information content (AvgIpc) is 2.82. The lowest BCUT2D eigenvalue weighted by molar-refractivity contribution is 0.584. The first kappa shape index (κ1) is 12.1. The van der Waals surface area contributed by atoms with Gasteiger partial charge in [-0.2, -0.15) is 0 Å². The van der Waals surface area contributed by atoms with Crippen molar-refractivity contribution in [3.05, 3.63) is 54.6 Å². The summed E-state index contributed by atoms with van der Waals surface area (Å²) < 4.78 is 1.95. The molecule has 1 aromatic carbocycles. The Hall–Kier alpha value is -1.33. The zero-order valence-electron chi connectivity index (χ0n) is 9.06. The van der Waals surface area contributed by atoms with E-state index in [2.05, 4.69) is 4.98 Å². The summed E-state index contributed by atoms with van der Waals surface area (Å²) in [6.45, 7) is 0.732. The topological polar surface area (TPSA) is 38.0 Å². The zero-order valence-corrected chi connectivity index (χ0v) is 10.7. The van der Waals surface area contributed by atoms with Crippen LogP contribution in [0.3, 0.4) is 0 Å². The minimum atomic E-state index is -0.0287. The Balaban J connectivity index is 2.16. The van der Waals surface area contributed by atoms with Crippen LogP contribution in [-0.2, 0) is 6.54 Å². The van der Waals surface area contributed by atoms with Crippen molar-refractivity contribution < 1.29 is 5.11 Å². The number of rotatable bonds is 4. The van der Waals surface area contributed by atoms with E-state index in [1.54, 1.807) is 12.5 Å². The van der Waals surface area contributed by atoms with Gasteiger partial charge in [0.15, 0.2) is 0 Å². The zero-order chi connectivity index (χ0) is 12.1. The van der Waals surface area contributed by atoms with Crippen molar-refractivity contribution in [3.8, 4) is 0 Å². The number of aliphatic hydroxyl groups excluding tert-OH is 1. The summed E-state index contributed by atoms with van der Waals surface area (Å²) in [6.07, 6.45) is 5.40. The Morgan fingerprint density at radius 3 is 2.76 bits per heavy atom. The molecule has 0 radical (unpaired) electrons. The van der Waals surface area contributed by atoms with Gasteiger partial charge in [-0.3, -0.25) is 0 Å². The highest BCUT2D eigenvalue weighted by molar-refractivity contribution is 8.22. The van der Waals surface area contributed by atoms with E-state index in [9.17, 15) is 5.11 Å². The maximum atomic E-state index is 9.28. The fourth-order valence-electron chi connectivity index (χ4n) is 1.59. The Labute approximate surface area is 109 Å². The van der Waals surface area contributed by atoms with E-state index in [4.69, 9.17) is 12.2 Å². The molecule has 1 aromatic heterocycles. The van der Waals surface area contributed by atoms with Gasteiger partial charge in [0, 0.05) is 18.9 Å². The lowest BCUT2D eigenvalue weighted by atomic mass is 10.1. The second-order valence-corrected chi connectivity index (χ2v) is 5.38. The molecule has 0 fully saturated rings. The van der Waals surface area contributed by atoms with E-state index in [0.717, 1.165) is 12.1 Å². The van der Waals surface area contributed by atoms with Crippen LogP contribution >= 0.6 is 24.0 Å². The summed E-state index contributed by atoms with van der Waals surface area (Å²) in [5.74, 6) is 0. The summed E-state index contributed by atoms with van der Waals surface area (Å²) in [5.41, 5.74) is 1.14. The third-order valence-corrected chi connectivity index (χ3v) is 3.55. The third kappa shape index (κ3) is 3.57. The van der Waals surface area contributed by atoms with E-state index < -0.39 is 0 Å².